The van der Waals surface area contributed by atoms with Crippen LogP contribution in [-0.2, 0) is 0 Å². The molecule has 1 nitrogen and oxygen atoms in total. The normalized spacial score (nSPS) is 11.8. The Bertz CT molecular complexity index is 353. The number of halogens is 1. The molecule has 4 heteroatoms. The van der Waals surface area contributed by atoms with Crippen molar-refractivity contribution in [3.8, 4) is 0 Å². The Morgan fingerprint density at radius 2 is 2.19 bits per heavy atom. The van der Waals surface area contributed by atoms with E-state index >= 15 is 0 Å². The summed E-state index contributed by atoms with van der Waals surface area (Å²) in [4.78, 5) is 12.1. The fourth-order valence-electron chi connectivity index (χ4n) is 1.57. The van der Waals surface area contributed by atoms with Gasteiger partial charge >= 0.3 is 18.9 Å². The SMILES string of the molecule is CCCC(P)C(=O)c1c(C)cccc1Cl.[H-].[Li+]. The number of hydrogen-bond donors (Lipinski definition) is 0. The molecule has 0 bridgehead atoms. The van der Waals surface area contributed by atoms with Crippen LogP contribution >= 0.6 is 20.8 Å². The molecule has 1 aromatic rings. The van der Waals surface area contributed by atoms with Gasteiger partial charge in [0.2, 0.25) is 0 Å². The summed E-state index contributed by atoms with van der Waals surface area (Å²) in [5.74, 6) is 0.130. The minimum Gasteiger partial charge on any atom is -1.00 e. The fraction of sp³-hybridized carbons (Fsp3) is 0.417. The van der Waals surface area contributed by atoms with Crippen LogP contribution in [0.15, 0.2) is 18.2 Å². The Labute approximate surface area is 118 Å². The molecule has 2 unspecified atom stereocenters. The van der Waals surface area contributed by atoms with Crippen LogP contribution in [0.3, 0.4) is 0 Å². The molecule has 0 N–H and O–H groups in total. The van der Waals surface area contributed by atoms with E-state index in [1.807, 2.05) is 19.1 Å². The summed E-state index contributed by atoms with van der Waals surface area (Å²) in [6, 6.07) is 5.56. The van der Waals surface area contributed by atoms with Crippen molar-refractivity contribution in [3.05, 3.63) is 34.3 Å². The van der Waals surface area contributed by atoms with Gasteiger partial charge in [0, 0.05) is 11.2 Å². The van der Waals surface area contributed by atoms with E-state index < -0.39 is 0 Å². The second kappa shape index (κ2) is 7.52. The van der Waals surface area contributed by atoms with Crippen molar-refractivity contribution in [3.63, 3.8) is 0 Å². The zero-order valence-corrected chi connectivity index (χ0v) is 12.0. The van der Waals surface area contributed by atoms with E-state index in [4.69, 9.17) is 11.6 Å². The monoisotopic (exact) mass is 250 g/mol. The summed E-state index contributed by atoms with van der Waals surface area (Å²) < 4.78 is 0. The quantitative estimate of drug-likeness (QED) is 0.443. The molecule has 0 aromatic heterocycles. The first-order valence-electron chi connectivity index (χ1n) is 5.12. The third-order valence-electron chi connectivity index (χ3n) is 2.40. The van der Waals surface area contributed by atoms with Crippen molar-refractivity contribution in [2.24, 2.45) is 0 Å². The zero-order chi connectivity index (χ0) is 11.4. The molecule has 0 aliphatic carbocycles. The Morgan fingerprint density at radius 1 is 1.56 bits per heavy atom. The van der Waals surface area contributed by atoms with Crippen molar-refractivity contribution in [2.75, 3.05) is 0 Å². The Balaban J connectivity index is 0. The molecule has 0 amide bonds. The maximum Gasteiger partial charge on any atom is 1.00 e. The number of carbonyl (C=O) groups is 1. The van der Waals surface area contributed by atoms with Crippen LogP contribution < -0.4 is 18.9 Å². The number of carbonyl (C=O) groups excluding carboxylic acids is 1. The van der Waals surface area contributed by atoms with E-state index in [0.29, 0.717) is 10.6 Å². The first-order chi connectivity index (χ1) is 7.07. The predicted octanol–water partition coefficient (Wildman–Crippen LogP) is 0.991. The van der Waals surface area contributed by atoms with E-state index in [-0.39, 0.29) is 31.7 Å². The average Bonchev–Trinajstić information content (AvgIpc) is 2.17. The van der Waals surface area contributed by atoms with Crippen LogP contribution in [0.4, 0.5) is 0 Å². The standard InChI is InChI=1S/C12H16ClOP.Li.H/c1-3-5-10(15)12(14)11-8(2)6-4-7-9(11)13;;/h4,6-7,10H,3,5,15H2,1-2H3;;/q;+1;-1. The number of ketones is 1. The Hall–Kier alpha value is 0.207. The number of aryl methyl sites for hydroxylation is 1. The number of benzene rings is 1. The minimum absolute atomic E-state index is 0. The zero-order valence-electron chi connectivity index (χ0n) is 11.1. The third kappa shape index (κ3) is 3.90. The maximum atomic E-state index is 12.1. The minimum atomic E-state index is -0.0198. The summed E-state index contributed by atoms with van der Waals surface area (Å²) in [5, 5.41) is 0.559. The first-order valence-corrected chi connectivity index (χ1v) is 6.17. The number of rotatable bonds is 4. The Morgan fingerprint density at radius 3 is 2.69 bits per heavy atom. The van der Waals surface area contributed by atoms with Gasteiger partial charge in [-0.3, -0.25) is 4.79 Å². The molecular formula is C12H17ClLiOP. The molecule has 0 aliphatic heterocycles. The molecule has 1 rings (SSSR count). The number of Topliss-reactive ketones (excluding diaryl/α,β-unsaturated/α-hetero) is 1. The van der Waals surface area contributed by atoms with Crippen LogP contribution in [0, 0.1) is 6.92 Å². The van der Waals surface area contributed by atoms with Gasteiger partial charge < -0.3 is 1.43 Å². The van der Waals surface area contributed by atoms with Crippen LogP contribution in [0.25, 0.3) is 0 Å². The van der Waals surface area contributed by atoms with Gasteiger partial charge in [0.1, 0.15) is 0 Å². The van der Waals surface area contributed by atoms with Gasteiger partial charge in [-0.2, -0.15) is 0 Å². The molecule has 0 heterocycles. The molecule has 0 aliphatic rings. The van der Waals surface area contributed by atoms with Gasteiger partial charge in [0.05, 0.1) is 5.02 Å². The summed E-state index contributed by atoms with van der Waals surface area (Å²) >= 11 is 6.04. The van der Waals surface area contributed by atoms with Crippen LogP contribution in [0.2, 0.25) is 5.02 Å². The van der Waals surface area contributed by atoms with Gasteiger partial charge in [0.15, 0.2) is 5.78 Å². The molecule has 0 spiro atoms. The topological polar surface area (TPSA) is 17.1 Å². The largest absolute Gasteiger partial charge is 1.00 e. The van der Waals surface area contributed by atoms with Gasteiger partial charge in [-0.15, -0.1) is 9.24 Å². The number of hydrogen-bond acceptors (Lipinski definition) is 1. The summed E-state index contributed by atoms with van der Waals surface area (Å²) in [5.41, 5.74) is 1.61. The van der Waals surface area contributed by atoms with Gasteiger partial charge in [-0.25, -0.2) is 0 Å². The molecule has 0 saturated heterocycles. The van der Waals surface area contributed by atoms with Crippen molar-refractivity contribution in [1.29, 1.82) is 0 Å². The summed E-state index contributed by atoms with van der Waals surface area (Å²) in [6.45, 7) is 3.99. The van der Waals surface area contributed by atoms with Gasteiger partial charge in [-0.1, -0.05) is 37.1 Å². The van der Waals surface area contributed by atoms with E-state index in [0.717, 1.165) is 18.4 Å². The van der Waals surface area contributed by atoms with E-state index in [2.05, 4.69) is 16.2 Å². The van der Waals surface area contributed by atoms with E-state index in [1.165, 1.54) is 0 Å². The summed E-state index contributed by atoms with van der Waals surface area (Å²) in [6.07, 6.45) is 1.89. The average molecular weight is 251 g/mol. The second-order valence-corrected chi connectivity index (χ2v) is 4.90. The smallest absolute Gasteiger partial charge is 1.00 e. The third-order valence-corrected chi connectivity index (χ3v) is 3.36. The van der Waals surface area contributed by atoms with Gasteiger partial charge in [-0.05, 0) is 25.0 Å². The van der Waals surface area contributed by atoms with Gasteiger partial charge in [0.25, 0.3) is 0 Å². The summed E-state index contributed by atoms with van der Waals surface area (Å²) in [7, 11) is 2.60. The fourth-order valence-corrected chi connectivity index (χ4v) is 2.39. The molecule has 0 fully saturated rings. The van der Waals surface area contributed by atoms with Crippen LogP contribution in [-0.4, -0.2) is 11.4 Å². The Kier molecular flexibility index (Phi) is 7.61. The van der Waals surface area contributed by atoms with Crippen molar-refractivity contribution in [1.82, 2.24) is 0 Å². The van der Waals surface area contributed by atoms with Crippen LogP contribution in [0.5, 0.6) is 0 Å². The van der Waals surface area contributed by atoms with E-state index in [9.17, 15) is 4.79 Å². The maximum absolute atomic E-state index is 12.1. The van der Waals surface area contributed by atoms with E-state index in [1.54, 1.807) is 6.07 Å². The van der Waals surface area contributed by atoms with Crippen molar-refractivity contribution >= 4 is 26.6 Å². The molecule has 16 heavy (non-hydrogen) atoms. The molecule has 2 atom stereocenters. The predicted molar refractivity (Wildman–Crippen MR) is 70.0 cm³/mol. The van der Waals surface area contributed by atoms with Crippen molar-refractivity contribution in [2.45, 2.75) is 32.3 Å². The molecule has 0 saturated carbocycles. The molecule has 1 aromatic carbocycles. The first kappa shape index (κ1) is 16.2. The van der Waals surface area contributed by atoms with Crippen molar-refractivity contribution < 1.29 is 25.1 Å². The molecule has 84 valence electrons. The van der Waals surface area contributed by atoms with Crippen LogP contribution in [0.1, 0.15) is 37.1 Å². The molecular weight excluding hydrogens is 233 g/mol. The second-order valence-electron chi connectivity index (χ2n) is 3.69. The molecule has 0 radical (unpaired) electrons.